The summed E-state index contributed by atoms with van der Waals surface area (Å²) in [4.78, 5) is 2.56. The van der Waals surface area contributed by atoms with E-state index in [0.29, 0.717) is 12.0 Å². The summed E-state index contributed by atoms with van der Waals surface area (Å²) in [6.07, 6.45) is 2.37. The Morgan fingerprint density at radius 3 is 2.12 bits per heavy atom. The number of nitrogens with zero attached hydrogens (tertiary/aromatic N) is 1. The smallest absolute Gasteiger partial charge is 0.0579 e. The van der Waals surface area contributed by atoms with Gasteiger partial charge in [-0.15, -0.1) is 0 Å². The molecule has 0 aromatic rings. The molecule has 0 unspecified atom stereocenters. The van der Waals surface area contributed by atoms with Gasteiger partial charge in [0.25, 0.3) is 0 Å². The van der Waals surface area contributed by atoms with E-state index in [1.54, 1.807) is 0 Å². The van der Waals surface area contributed by atoms with Gasteiger partial charge in [-0.1, -0.05) is 27.7 Å². The van der Waals surface area contributed by atoms with Gasteiger partial charge in [-0.2, -0.15) is 0 Å². The van der Waals surface area contributed by atoms with Crippen LogP contribution in [0.3, 0.4) is 0 Å². The molecule has 0 amide bonds. The molecule has 0 spiro atoms. The molecular formula is C14H29NO2. The van der Waals surface area contributed by atoms with Crippen LogP contribution in [0.2, 0.25) is 0 Å². The molecular weight excluding hydrogens is 214 g/mol. The molecule has 1 aliphatic rings. The quantitative estimate of drug-likeness (QED) is 0.709. The molecule has 1 rings (SSSR count). The van der Waals surface area contributed by atoms with Crippen molar-refractivity contribution in [3.05, 3.63) is 0 Å². The molecule has 0 aliphatic carbocycles. The van der Waals surface area contributed by atoms with E-state index < -0.39 is 0 Å². The molecule has 0 bridgehead atoms. The Kier molecular flexibility index (Phi) is 5.90. The van der Waals surface area contributed by atoms with Gasteiger partial charge in [0.05, 0.1) is 25.2 Å². The van der Waals surface area contributed by atoms with Gasteiger partial charge in [0, 0.05) is 19.1 Å². The van der Waals surface area contributed by atoms with Crippen molar-refractivity contribution in [3.63, 3.8) is 0 Å². The summed E-state index contributed by atoms with van der Waals surface area (Å²) in [5, 5.41) is 9.54. The summed E-state index contributed by atoms with van der Waals surface area (Å²) >= 11 is 0. The number of rotatable bonds is 8. The summed E-state index contributed by atoms with van der Waals surface area (Å²) in [6, 6.07) is 0.640. The monoisotopic (exact) mass is 243 g/mol. The summed E-state index contributed by atoms with van der Waals surface area (Å²) < 4.78 is 5.30. The summed E-state index contributed by atoms with van der Waals surface area (Å²) in [5.74, 6) is 0.673. The van der Waals surface area contributed by atoms with E-state index in [-0.39, 0.29) is 12.0 Å². The van der Waals surface area contributed by atoms with Gasteiger partial charge in [0.1, 0.15) is 0 Å². The lowest BCUT2D eigenvalue weighted by molar-refractivity contribution is -0.152. The average molecular weight is 243 g/mol. The number of ether oxygens (including phenoxy) is 1. The third-order valence-corrected chi connectivity index (χ3v) is 3.75. The zero-order valence-corrected chi connectivity index (χ0v) is 11.9. The second kappa shape index (κ2) is 6.72. The average Bonchev–Trinajstić information content (AvgIpc) is 2.24. The molecule has 3 nitrogen and oxygen atoms in total. The lowest BCUT2D eigenvalue weighted by Crippen LogP contribution is -2.55. The van der Waals surface area contributed by atoms with Gasteiger partial charge in [-0.3, -0.25) is 4.90 Å². The molecule has 1 heterocycles. The molecule has 0 aromatic heterocycles. The molecule has 1 saturated heterocycles. The van der Waals surface area contributed by atoms with Crippen LogP contribution in [0, 0.1) is 11.3 Å². The number of aliphatic hydroxyl groups is 1. The molecule has 3 heteroatoms. The van der Waals surface area contributed by atoms with E-state index in [9.17, 15) is 5.11 Å². The Bertz CT molecular complexity index is 205. The van der Waals surface area contributed by atoms with E-state index in [2.05, 4.69) is 32.6 Å². The first-order valence-electron chi connectivity index (χ1n) is 6.99. The van der Waals surface area contributed by atoms with Crippen molar-refractivity contribution in [1.82, 2.24) is 4.90 Å². The Morgan fingerprint density at radius 1 is 1.24 bits per heavy atom. The second-order valence-corrected chi connectivity index (χ2v) is 5.94. The first kappa shape index (κ1) is 14.9. The Labute approximate surface area is 106 Å². The van der Waals surface area contributed by atoms with E-state index in [1.807, 2.05) is 0 Å². The molecule has 17 heavy (non-hydrogen) atoms. The lowest BCUT2D eigenvalue weighted by atomic mass is 9.85. The Morgan fingerprint density at radius 2 is 1.82 bits per heavy atom. The van der Waals surface area contributed by atoms with Crippen LogP contribution in [-0.2, 0) is 4.74 Å². The first-order chi connectivity index (χ1) is 8.06. The highest BCUT2D eigenvalue weighted by Crippen LogP contribution is 2.29. The highest BCUT2D eigenvalue weighted by molar-refractivity contribution is 4.89. The van der Waals surface area contributed by atoms with Crippen LogP contribution < -0.4 is 0 Å². The van der Waals surface area contributed by atoms with Gasteiger partial charge in [0.2, 0.25) is 0 Å². The molecule has 0 aromatic carbocycles. The minimum absolute atomic E-state index is 0.0114. The van der Waals surface area contributed by atoms with Crippen LogP contribution in [0.25, 0.3) is 0 Å². The molecule has 102 valence electrons. The maximum absolute atomic E-state index is 9.54. The fourth-order valence-corrected chi connectivity index (χ4v) is 2.67. The van der Waals surface area contributed by atoms with Crippen molar-refractivity contribution < 1.29 is 9.84 Å². The maximum atomic E-state index is 9.54. The van der Waals surface area contributed by atoms with Crippen LogP contribution in [0.5, 0.6) is 0 Å². The third-order valence-electron chi connectivity index (χ3n) is 3.75. The van der Waals surface area contributed by atoms with Crippen molar-refractivity contribution in [2.24, 2.45) is 11.3 Å². The van der Waals surface area contributed by atoms with Crippen LogP contribution in [0.15, 0.2) is 0 Å². The molecule has 1 N–H and O–H groups in total. The Balaban J connectivity index is 2.61. The van der Waals surface area contributed by atoms with E-state index in [1.165, 1.54) is 12.8 Å². The van der Waals surface area contributed by atoms with Crippen LogP contribution in [0.1, 0.15) is 40.5 Å². The molecule has 0 atom stereocenters. The molecule has 0 radical (unpaired) electrons. The van der Waals surface area contributed by atoms with E-state index in [4.69, 9.17) is 4.74 Å². The van der Waals surface area contributed by atoms with Gasteiger partial charge in [-0.05, 0) is 18.8 Å². The SMILES string of the molecule is CCC(CC)N(CC(C)C)CC1(CO)COC1. The molecule has 1 fully saturated rings. The summed E-state index contributed by atoms with van der Waals surface area (Å²) in [6.45, 7) is 12.8. The fraction of sp³-hybridized carbons (Fsp3) is 1.00. The first-order valence-corrected chi connectivity index (χ1v) is 6.99. The highest BCUT2D eigenvalue weighted by atomic mass is 16.5. The zero-order valence-electron chi connectivity index (χ0n) is 11.9. The molecule has 0 saturated carbocycles. The van der Waals surface area contributed by atoms with Crippen molar-refractivity contribution in [3.8, 4) is 0 Å². The van der Waals surface area contributed by atoms with Crippen molar-refractivity contribution in [1.29, 1.82) is 0 Å². The Hall–Kier alpha value is -0.120. The summed E-state index contributed by atoms with van der Waals surface area (Å²) in [5.41, 5.74) is 0.0114. The number of hydrogen-bond donors (Lipinski definition) is 1. The standard InChI is InChI=1S/C14H29NO2/c1-5-13(6-2)15(7-12(3)4)8-14(9-16)10-17-11-14/h12-13,16H,5-11H2,1-4H3. The zero-order chi connectivity index (χ0) is 12.9. The van der Waals surface area contributed by atoms with E-state index >= 15 is 0 Å². The highest BCUT2D eigenvalue weighted by Gasteiger charge is 2.40. The second-order valence-electron chi connectivity index (χ2n) is 5.94. The summed E-state index contributed by atoms with van der Waals surface area (Å²) in [7, 11) is 0. The number of aliphatic hydroxyl groups excluding tert-OH is 1. The van der Waals surface area contributed by atoms with Gasteiger partial charge in [-0.25, -0.2) is 0 Å². The van der Waals surface area contributed by atoms with Crippen LogP contribution >= 0.6 is 0 Å². The van der Waals surface area contributed by atoms with E-state index in [0.717, 1.165) is 26.3 Å². The minimum Gasteiger partial charge on any atom is -0.396 e. The third kappa shape index (κ3) is 3.94. The number of hydrogen-bond acceptors (Lipinski definition) is 3. The predicted octanol–water partition coefficient (Wildman–Crippen LogP) is 2.14. The predicted molar refractivity (Wildman–Crippen MR) is 71.1 cm³/mol. The molecule has 1 aliphatic heterocycles. The maximum Gasteiger partial charge on any atom is 0.0579 e. The topological polar surface area (TPSA) is 32.7 Å². The van der Waals surface area contributed by atoms with Crippen molar-refractivity contribution >= 4 is 0 Å². The van der Waals surface area contributed by atoms with Crippen LogP contribution in [0.4, 0.5) is 0 Å². The van der Waals surface area contributed by atoms with Crippen LogP contribution in [-0.4, -0.2) is 49.0 Å². The normalized spacial score (nSPS) is 19.1. The fourth-order valence-electron chi connectivity index (χ4n) is 2.67. The van der Waals surface area contributed by atoms with Crippen molar-refractivity contribution in [2.75, 3.05) is 32.9 Å². The van der Waals surface area contributed by atoms with Gasteiger partial charge < -0.3 is 9.84 Å². The van der Waals surface area contributed by atoms with Gasteiger partial charge in [0.15, 0.2) is 0 Å². The lowest BCUT2D eigenvalue weighted by Gasteiger charge is -2.45. The largest absolute Gasteiger partial charge is 0.396 e. The minimum atomic E-state index is 0.0114. The van der Waals surface area contributed by atoms with Crippen molar-refractivity contribution in [2.45, 2.75) is 46.6 Å². The van der Waals surface area contributed by atoms with Gasteiger partial charge >= 0.3 is 0 Å².